The van der Waals surface area contributed by atoms with Gasteiger partial charge < -0.3 is 5.11 Å². The van der Waals surface area contributed by atoms with Gasteiger partial charge in [0.2, 0.25) is 0 Å². The van der Waals surface area contributed by atoms with Gasteiger partial charge in [0.1, 0.15) is 0 Å². The largest absolute Gasteiger partial charge is 0.504 e. The maximum Gasteiger partial charge on any atom is 0.166 e. The van der Waals surface area contributed by atoms with E-state index >= 15 is 0 Å². The molecule has 6 heteroatoms. The third kappa shape index (κ3) is 2.16. The van der Waals surface area contributed by atoms with E-state index in [1.54, 1.807) is 16.5 Å². The van der Waals surface area contributed by atoms with E-state index in [4.69, 9.17) is 0 Å². The summed E-state index contributed by atoms with van der Waals surface area (Å²) in [5.74, 6) is -1.44. The van der Waals surface area contributed by atoms with E-state index in [9.17, 15) is 14.3 Å². The molecule has 0 saturated heterocycles. The Balaban J connectivity index is 2.52. The highest BCUT2D eigenvalue weighted by Crippen LogP contribution is 2.28. The van der Waals surface area contributed by atoms with Crippen LogP contribution < -0.4 is 0 Å². The van der Waals surface area contributed by atoms with Crippen LogP contribution in [0.5, 0.6) is 5.75 Å². The predicted molar refractivity (Wildman–Crippen MR) is 63.6 cm³/mol. The average Bonchev–Trinajstić information content (AvgIpc) is 2.81. The molecule has 1 N–H and O–H groups in total. The first-order chi connectivity index (χ1) is 8.15. The minimum Gasteiger partial charge on any atom is -0.504 e. The van der Waals surface area contributed by atoms with Crippen molar-refractivity contribution in [3.63, 3.8) is 0 Å². The Morgan fingerprint density at radius 2 is 2.24 bits per heavy atom. The smallest absolute Gasteiger partial charge is 0.166 e. The second-order valence-electron chi connectivity index (χ2n) is 3.33. The Bertz CT molecular complexity index is 569. The Morgan fingerprint density at radius 3 is 2.82 bits per heavy atom. The standard InChI is InChI=1S/C11H9FN2O2S/c1-17-14-5-9(4-13-14)7-2-8(6-15)11(16)10(12)3-7/h2-6,16H,1H3. The third-order valence-corrected chi connectivity index (χ3v) is 2.87. The predicted octanol–water partition coefficient (Wildman–Crippen LogP) is 2.33. The number of benzene rings is 1. The molecule has 0 atom stereocenters. The summed E-state index contributed by atoms with van der Waals surface area (Å²) in [6, 6.07) is 2.59. The summed E-state index contributed by atoms with van der Waals surface area (Å²) in [4.78, 5) is 10.7. The lowest BCUT2D eigenvalue weighted by Gasteiger charge is -2.02. The molecule has 0 aliphatic heterocycles. The molecule has 1 aromatic heterocycles. The topological polar surface area (TPSA) is 55.1 Å². The first-order valence-electron chi connectivity index (χ1n) is 4.73. The monoisotopic (exact) mass is 252 g/mol. The normalized spacial score (nSPS) is 10.5. The molecule has 0 radical (unpaired) electrons. The van der Waals surface area contributed by atoms with E-state index in [0.717, 1.165) is 0 Å². The number of carbonyl (C=O) groups is 1. The molecular formula is C11H9FN2O2S. The summed E-state index contributed by atoms with van der Waals surface area (Å²) < 4.78 is 15.0. The average molecular weight is 252 g/mol. The van der Waals surface area contributed by atoms with Crippen LogP contribution in [-0.4, -0.2) is 26.8 Å². The lowest BCUT2D eigenvalue weighted by molar-refractivity contribution is 0.112. The van der Waals surface area contributed by atoms with Crippen LogP contribution in [0.3, 0.4) is 0 Å². The Kier molecular flexibility index (Phi) is 3.14. The number of nitrogens with zero attached hydrogens (tertiary/aromatic N) is 2. The van der Waals surface area contributed by atoms with Crippen molar-refractivity contribution in [2.24, 2.45) is 0 Å². The molecule has 0 bridgehead atoms. The van der Waals surface area contributed by atoms with E-state index < -0.39 is 11.6 Å². The van der Waals surface area contributed by atoms with Gasteiger partial charge in [-0.2, -0.15) is 5.10 Å². The summed E-state index contributed by atoms with van der Waals surface area (Å²) in [5.41, 5.74) is 1.11. The minimum atomic E-state index is -0.818. The fourth-order valence-electron chi connectivity index (χ4n) is 1.43. The van der Waals surface area contributed by atoms with Gasteiger partial charge in [-0.3, -0.25) is 4.79 Å². The summed E-state index contributed by atoms with van der Waals surface area (Å²) in [7, 11) is 0. The van der Waals surface area contributed by atoms with Crippen LogP contribution in [-0.2, 0) is 0 Å². The molecule has 0 unspecified atom stereocenters. The van der Waals surface area contributed by atoms with Crippen molar-refractivity contribution in [2.45, 2.75) is 0 Å². The molecule has 1 heterocycles. The zero-order valence-corrected chi connectivity index (χ0v) is 9.74. The molecule has 0 aliphatic carbocycles. The molecule has 2 rings (SSSR count). The molecule has 4 nitrogen and oxygen atoms in total. The van der Waals surface area contributed by atoms with Crippen LogP contribution in [0.25, 0.3) is 11.1 Å². The van der Waals surface area contributed by atoms with Gasteiger partial charge in [-0.15, -0.1) is 0 Å². The summed E-state index contributed by atoms with van der Waals surface area (Å²) in [5, 5.41) is 13.3. The van der Waals surface area contributed by atoms with Crippen LogP contribution in [0.2, 0.25) is 0 Å². The van der Waals surface area contributed by atoms with Crippen LogP contribution in [0.1, 0.15) is 10.4 Å². The first kappa shape index (κ1) is 11.7. The lowest BCUT2D eigenvalue weighted by atomic mass is 10.1. The highest BCUT2D eigenvalue weighted by atomic mass is 32.2. The van der Waals surface area contributed by atoms with E-state index in [0.29, 0.717) is 17.4 Å². The summed E-state index contributed by atoms with van der Waals surface area (Å²) in [6.45, 7) is 0. The van der Waals surface area contributed by atoms with Crippen LogP contribution in [0.4, 0.5) is 4.39 Å². The van der Waals surface area contributed by atoms with Crippen molar-refractivity contribution in [1.82, 2.24) is 9.19 Å². The SMILES string of the molecule is CSn1cc(-c2cc(F)c(O)c(C=O)c2)cn1. The molecule has 0 spiro atoms. The molecule has 1 aromatic carbocycles. The van der Waals surface area contributed by atoms with Gasteiger partial charge in [-0.1, -0.05) is 0 Å². The quantitative estimate of drug-likeness (QED) is 0.852. The highest BCUT2D eigenvalue weighted by Gasteiger charge is 2.11. The zero-order valence-electron chi connectivity index (χ0n) is 8.92. The van der Waals surface area contributed by atoms with Crippen molar-refractivity contribution in [2.75, 3.05) is 6.26 Å². The minimum absolute atomic E-state index is 0.0723. The van der Waals surface area contributed by atoms with Crippen molar-refractivity contribution < 1.29 is 14.3 Å². The van der Waals surface area contributed by atoms with Crippen molar-refractivity contribution in [1.29, 1.82) is 0 Å². The number of phenols is 1. The molecule has 0 aliphatic rings. The fraction of sp³-hybridized carbons (Fsp3) is 0.0909. The number of hydrogen-bond donors (Lipinski definition) is 1. The van der Waals surface area contributed by atoms with Crippen LogP contribution >= 0.6 is 11.9 Å². The number of aldehydes is 1. The van der Waals surface area contributed by atoms with Crippen molar-refractivity contribution in [3.05, 3.63) is 35.9 Å². The zero-order chi connectivity index (χ0) is 12.4. The Labute approximate surface area is 101 Å². The number of halogens is 1. The molecular weight excluding hydrogens is 243 g/mol. The summed E-state index contributed by atoms with van der Waals surface area (Å²) >= 11 is 1.39. The lowest BCUT2D eigenvalue weighted by Crippen LogP contribution is -1.88. The number of carbonyl (C=O) groups excluding carboxylic acids is 1. The van der Waals surface area contributed by atoms with E-state index in [2.05, 4.69) is 5.10 Å². The van der Waals surface area contributed by atoms with Gasteiger partial charge in [-0.05, 0) is 29.6 Å². The first-order valence-corrected chi connectivity index (χ1v) is 5.91. The molecule has 0 amide bonds. The molecule has 88 valence electrons. The van der Waals surface area contributed by atoms with E-state index in [-0.39, 0.29) is 5.56 Å². The van der Waals surface area contributed by atoms with E-state index in [1.165, 1.54) is 24.1 Å². The Hall–Kier alpha value is -1.82. The number of rotatable bonds is 3. The Morgan fingerprint density at radius 1 is 1.47 bits per heavy atom. The number of phenolic OH excluding ortho intramolecular Hbond substituents is 1. The third-order valence-electron chi connectivity index (χ3n) is 2.30. The second-order valence-corrected chi connectivity index (χ2v) is 4.07. The van der Waals surface area contributed by atoms with Gasteiger partial charge in [0.15, 0.2) is 17.9 Å². The molecule has 17 heavy (non-hydrogen) atoms. The second kappa shape index (κ2) is 4.58. The van der Waals surface area contributed by atoms with E-state index in [1.807, 2.05) is 6.26 Å². The molecule has 0 fully saturated rings. The van der Waals surface area contributed by atoms with Crippen LogP contribution in [0.15, 0.2) is 24.5 Å². The molecule has 0 saturated carbocycles. The number of aromatic hydroxyl groups is 1. The van der Waals surface area contributed by atoms with Crippen LogP contribution in [0, 0.1) is 5.82 Å². The van der Waals surface area contributed by atoms with Gasteiger partial charge >= 0.3 is 0 Å². The van der Waals surface area contributed by atoms with Gasteiger partial charge in [0.05, 0.1) is 11.8 Å². The van der Waals surface area contributed by atoms with Crippen molar-refractivity contribution in [3.8, 4) is 16.9 Å². The van der Waals surface area contributed by atoms with Gasteiger partial charge in [-0.25, -0.2) is 8.48 Å². The number of hydrogen-bond acceptors (Lipinski definition) is 4. The maximum atomic E-state index is 13.4. The fourth-order valence-corrected chi connectivity index (χ4v) is 1.79. The molecule has 2 aromatic rings. The van der Waals surface area contributed by atoms with Gasteiger partial charge in [0.25, 0.3) is 0 Å². The number of aromatic nitrogens is 2. The van der Waals surface area contributed by atoms with Gasteiger partial charge in [0, 0.05) is 18.0 Å². The summed E-state index contributed by atoms with van der Waals surface area (Å²) in [6.07, 6.45) is 5.55. The maximum absolute atomic E-state index is 13.4. The highest BCUT2D eigenvalue weighted by molar-refractivity contribution is 7.97. The van der Waals surface area contributed by atoms with Crippen molar-refractivity contribution >= 4 is 18.2 Å².